The van der Waals surface area contributed by atoms with Gasteiger partial charge in [0.2, 0.25) is 0 Å². The minimum Gasteiger partial charge on any atom is -0.203 e. The van der Waals surface area contributed by atoms with Gasteiger partial charge in [-0.25, -0.2) is 8.42 Å². The fraction of sp³-hybridized carbons (Fsp3) is 0.294. The van der Waals surface area contributed by atoms with Gasteiger partial charge in [-0.1, -0.05) is 42.3 Å². The van der Waals surface area contributed by atoms with E-state index in [1.54, 1.807) is 12.1 Å². The van der Waals surface area contributed by atoms with Crippen molar-refractivity contribution in [2.45, 2.75) is 37.0 Å². The molecule has 0 saturated heterocycles. The number of benzene rings is 2. The molecule has 5 heteroatoms. The largest absolute Gasteiger partial charge is 0.279 e. The first-order valence-corrected chi connectivity index (χ1v) is 10.2. The number of nitrogens with one attached hydrogen (secondary N) is 1. The molecule has 0 spiro atoms. The summed E-state index contributed by atoms with van der Waals surface area (Å²) in [6, 6.07) is 15.0. The molecule has 22 heavy (non-hydrogen) atoms. The highest BCUT2D eigenvalue weighted by Crippen LogP contribution is 2.18. The Morgan fingerprint density at radius 2 is 1.41 bits per heavy atom. The first-order chi connectivity index (χ1) is 10.4. The summed E-state index contributed by atoms with van der Waals surface area (Å²) < 4.78 is 28.0. The molecule has 1 unspecified atom stereocenters. The van der Waals surface area contributed by atoms with Gasteiger partial charge in [0.1, 0.15) is 16.8 Å². The summed E-state index contributed by atoms with van der Waals surface area (Å²) in [6.07, 6.45) is 0.924. The van der Waals surface area contributed by atoms with E-state index in [1.165, 1.54) is 5.56 Å². The highest BCUT2D eigenvalue weighted by Gasteiger charge is 2.29. The molecular formula is C17H22NO2S2+. The molecule has 0 amide bonds. The predicted octanol–water partition coefficient (Wildman–Crippen LogP) is 3.58. The molecule has 118 valence electrons. The second kappa shape index (κ2) is 7.31. The number of hydrogen-bond acceptors (Lipinski definition) is 2. The van der Waals surface area contributed by atoms with Crippen LogP contribution < -0.4 is 4.13 Å². The lowest BCUT2D eigenvalue weighted by molar-refractivity contribution is 0.594. The number of hydrogen-bond donors (Lipinski definition) is 1. The first kappa shape index (κ1) is 17.1. The van der Waals surface area contributed by atoms with E-state index in [1.807, 2.05) is 50.2 Å². The topological polar surface area (TPSA) is 46.2 Å². The maximum Gasteiger partial charge on any atom is 0.279 e. The SMILES string of the molecule is CCC[S+](NS(=O)(=O)c1ccc(C)cc1)c1ccc(C)cc1. The van der Waals surface area contributed by atoms with Crippen molar-refractivity contribution >= 4 is 21.1 Å². The van der Waals surface area contributed by atoms with Crippen molar-refractivity contribution in [1.82, 2.24) is 4.13 Å². The summed E-state index contributed by atoms with van der Waals surface area (Å²) in [4.78, 5) is 1.35. The number of sulfonamides is 1. The Labute approximate surface area is 136 Å². The standard InChI is InChI=1S/C17H22NO2S2/c1-4-13-21(16-9-5-14(2)6-10-16)18-22(19,20)17-11-7-15(3)8-12-17/h5-12,18H,4,13H2,1-3H3/q+1. The first-order valence-electron chi connectivity index (χ1n) is 7.29. The van der Waals surface area contributed by atoms with Gasteiger partial charge >= 0.3 is 0 Å². The molecule has 0 fully saturated rings. The number of rotatable bonds is 6. The highest BCUT2D eigenvalue weighted by molar-refractivity contribution is 8.07. The molecule has 2 rings (SSSR count). The normalized spacial score (nSPS) is 13.0. The molecule has 0 heterocycles. The minimum absolute atomic E-state index is 0.318. The molecule has 2 aromatic carbocycles. The zero-order chi connectivity index (χ0) is 16.2. The van der Waals surface area contributed by atoms with Crippen molar-refractivity contribution in [2.75, 3.05) is 5.75 Å². The van der Waals surface area contributed by atoms with Gasteiger partial charge in [-0.05, 0) is 48.7 Å². The van der Waals surface area contributed by atoms with Crippen molar-refractivity contribution in [3.8, 4) is 0 Å². The molecule has 3 nitrogen and oxygen atoms in total. The van der Waals surface area contributed by atoms with Crippen LogP contribution in [0.5, 0.6) is 0 Å². The summed E-state index contributed by atoms with van der Waals surface area (Å²) in [7, 11) is -3.49. The average molecular weight is 337 g/mol. The Hall–Kier alpha value is -1.30. The van der Waals surface area contributed by atoms with Gasteiger partial charge in [-0.15, -0.1) is 0 Å². The van der Waals surface area contributed by atoms with E-state index >= 15 is 0 Å². The van der Waals surface area contributed by atoms with Crippen LogP contribution in [0.25, 0.3) is 0 Å². The molecule has 0 aliphatic carbocycles. The Bertz CT molecular complexity index is 707. The van der Waals surface area contributed by atoms with Gasteiger partial charge in [0.25, 0.3) is 10.0 Å². The van der Waals surface area contributed by atoms with E-state index in [4.69, 9.17) is 0 Å². The van der Waals surface area contributed by atoms with Gasteiger partial charge in [0.15, 0.2) is 4.90 Å². The van der Waals surface area contributed by atoms with Crippen LogP contribution in [0.3, 0.4) is 0 Å². The lowest BCUT2D eigenvalue weighted by Gasteiger charge is -2.09. The molecule has 2 aromatic rings. The molecule has 0 saturated carbocycles. The van der Waals surface area contributed by atoms with Crippen LogP contribution in [0.1, 0.15) is 24.5 Å². The van der Waals surface area contributed by atoms with Crippen LogP contribution in [-0.2, 0) is 21.1 Å². The maximum absolute atomic E-state index is 12.6. The smallest absolute Gasteiger partial charge is 0.203 e. The molecular weight excluding hydrogens is 314 g/mol. The van der Waals surface area contributed by atoms with Crippen LogP contribution in [0.4, 0.5) is 0 Å². The Morgan fingerprint density at radius 3 is 1.91 bits per heavy atom. The molecule has 0 aliphatic heterocycles. The quantitative estimate of drug-likeness (QED) is 0.820. The van der Waals surface area contributed by atoms with Crippen molar-refractivity contribution in [3.63, 3.8) is 0 Å². The maximum atomic E-state index is 12.6. The third-order valence-electron chi connectivity index (χ3n) is 3.26. The van der Waals surface area contributed by atoms with Crippen LogP contribution in [0.2, 0.25) is 0 Å². The van der Waals surface area contributed by atoms with Crippen molar-refractivity contribution in [1.29, 1.82) is 0 Å². The molecule has 0 radical (unpaired) electrons. The minimum atomic E-state index is -3.49. The summed E-state index contributed by atoms with van der Waals surface area (Å²) in [5.41, 5.74) is 2.22. The molecule has 0 bridgehead atoms. The second-order valence-electron chi connectivity index (χ2n) is 5.31. The van der Waals surface area contributed by atoms with Crippen LogP contribution in [0, 0.1) is 13.8 Å². The lowest BCUT2D eigenvalue weighted by atomic mass is 10.2. The predicted molar refractivity (Wildman–Crippen MR) is 93.5 cm³/mol. The second-order valence-corrected chi connectivity index (χ2v) is 9.11. The summed E-state index contributed by atoms with van der Waals surface area (Å²) >= 11 is -0.509. The van der Waals surface area contributed by atoms with Crippen LogP contribution in [-0.4, -0.2) is 14.2 Å². The fourth-order valence-corrected chi connectivity index (χ4v) is 5.78. The van der Waals surface area contributed by atoms with E-state index in [-0.39, 0.29) is 0 Å². The van der Waals surface area contributed by atoms with Crippen molar-refractivity contribution < 1.29 is 8.42 Å². The van der Waals surface area contributed by atoms with Crippen LogP contribution >= 0.6 is 0 Å². The molecule has 1 N–H and O–H groups in total. The zero-order valence-electron chi connectivity index (χ0n) is 13.2. The third kappa shape index (κ3) is 4.35. The average Bonchev–Trinajstić information content (AvgIpc) is 2.48. The Balaban J connectivity index is 2.26. The van der Waals surface area contributed by atoms with Gasteiger partial charge in [0, 0.05) is 0 Å². The van der Waals surface area contributed by atoms with E-state index in [9.17, 15) is 8.42 Å². The van der Waals surface area contributed by atoms with E-state index < -0.39 is 21.1 Å². The molecule has 1 atom stereocenters. The monoisotopic (exact) mass is 336 g/mol. The third-order valence-corrected chi connectivity index (χ3v) is 7.49. The van der Waals surface area contributed by atoms with Crippen LogP contribution in [0.15, 0.2) is 58.3 Å². The summed E-state index contributed by atoms with van der Waals surface area (Å²) in [5.74, 6) is 0.800. The van der Waals surface area contributed by atoms with E-state index in [0.717, 1.165) is 22.6 Å². The van der Waals surface area contributed by atoms with Crippen molar-refractivity contribution in [2.24, 2.45) is 0 Å². The number of aryl methyl sites for hydroxylation is 2. The van der Waals surface area contributed by atoms with E-state index in [0.29, 0.717) is 4.90 Å². The molecule has 0 aromatic heterocycles. The highest BCUT2D eigenvalue weighted by atomic mass is 32.3. The fourth-order valence-electron chi connectivity index (χ4n) is 2.01. The van der Waals surface area contributed by atoms with Gasteiger partial charge in [-0.2, -0.15) is 0 Å². The van der Waals surface area contributed by atoms with Gasteiger partial charge in [0.05, 0.1) is 4.90 Å². The van der Waals surface area contributed by atoms with E-state index in [2.05, 4.69) is 11.1 Å². The Kier molecular flexibility index (Phi) is 5.67. The zero-order valence-corrected chi connectivity index (χ0v) is 14.8. The summed E-state index contributed by atoms with van der Waals surface area (Å²) in [5, 5.41) is 0. The summed E-state index contributed by atoms with van der Waals surface area (Å²) in [6.45, 7) is 6.03. The van der Waals surface area contributed by atoms with Crippen molar-refractivity contribution in [3.05, 3.63) is 59.7 Å². The Morgan fingerprint density at radius 1 is 0.909 bits per heavy atom. The van der Waals surface area contributed by atoms with Gasteiger partial charge < -0.3 is 0 Å². The van der Waals surface area contributed by atoms with Gasteiger partial charge in [-0.3, -0.25) is 0 Å². The lowest BCUT2D eigenvalue weighted by Crippen LogP contribution is -2.33. The molecule has 0 aliphatic rings.